The van der Waals surface area contributed by atoms with E-state index in [1.54, 1.807) is 0 Å². The van der Waals surface area contributed by atoms with Gasteiger partial charge in [-0.1, -0.05) is 27.7 Å². The predicted molar refractivity (Wildman–Crippen MR) is 121 cm³/mol. The fraction of sp³-hybridized carbons (Fsp3) is 0.750. The van der Waals surface area contributed by atoms with E-state index in [9.17, 15) is 24.3 Å². The number of carbonyl (C=O) groups excluding carboxylic acids is 3. The molecular weight excluding hydrogens is 418 g/mol. The third kappa shape index (κ3) is 13.4. The smallest absolute Gasteiger partial charge is 0.326 e. The Morgan fingerprint density at radius 3 is 2.00 bits per heavy atom. The summed E-state index contributed by atoms with van der Waals surface area (Å²) in [6, 6.07) is -2.74. The molecule has 0 saturated carbocycles. The first kappa shape index (κ1) is 29.1. The van der Waals surface area contributed by atoms with Crippen molar-refractivity contribution in [1.82, 2.24) is 16.0 Å². The summed E-state index contributed by atoms with van der Waals surface area (Å²) in [5.74, 6) is -2.63. The SMILES string of the molecule is CC(C)CC(N)C(=O)NC(CC(C)C)C(=O)NCC(=O)NC(CCCN=C(N)N)C(=O)O. The molecule has 0 aromatic heterocycles. The van der Waals surface area contributed by atoms with Crippen molar-refractivity contribution in [2.45, 2.75) is 71.5 Å². The Hall–Kier alpha value is -2.89. The van der Waals surface area contributed by atoms with Crippen LogP contribution in [0.25, 0.3) is 0 Å². The monoisotopic (exact) mass is 457 g/mol. The lowest BCUT2D eigenvalue weighted by Gasteiger charge is -2.23. The van der Waals surface area contributed by atoms with Gasteiger partial charge in [0.05, 0.1) is 12.6 Å². The van der Waals surface area contributed by atoms with Crippen LogP contribution in [0.15, 0.2) is 4.99 Å². The quantitative estimate of drug-likeness (QED) is 0.0882. The van der Waals surface area contributed by atoms with Crippen LogP contribution in [0.1, 0.15) is 53.4 Å². The Kier molecular flexibility index (Phi) is 13.6. The Labute approximate surface area is 189 Å². The molecule has 0 aliphatic rings. The fourth-order valence-electron chi connectivity index (χ4n) is 2.89. The van der Waals surface area contributed by atoms with Crippen molar-refractivity contribution in [3.63, 3.8) is 0 Å². The van der Waals surface area contributed by atoms with Crippen molar-refractivity contribution in [3.05, 3.63) is 0 Å². The van der Waals surface area contributed by atoms with Crippen LogP contribution in [0, 0.1) is 11.8 Å². The molecule has 0 aromatic carbocycles. The fourth-order valence-corrected chi connectivity index (χ4v) is 2.89. The molecule has 0 radical (unpaired) electrons. The molecule has 0 saturated heterocycles. The summed E-state index contributed by atoms with van der Waals surface area (Å²) in [5.41, 5.74) is 16.3. The van der Waals surface area contributed by atoms with E-state index >= 15 is 0 Å². The van der Waals surface area contributed by atoms with Gasteiger partial charge in [0.25, 0.3) is 0 Å². The minimum atomic E-state index is -1.21. The number of nitrogens with one attached hydrogen (secondary N) is 3. The summed E-state index contributed by atoms with van der Waals surface area (Å²) >= 11 is 0. The summed E-state index contributed by atoms with van der Waals surface area (Å²) in [6.45, 7) is 7.47. The van der Waals surface area contributed by atoms with Gasteiger partial charge in [0, 0.05) is 6.54 Å². The van der Waals surface area contributed by atoms with Crippen LogP contribution >= 0.6 is 0 Å². The van der Waals surface area contributed by atoms with Gasteiger partial charge in [-0.3, -0.25) is 19.4 Å². The van der Waals surface area contributed by atoms with E-state index in [1.807, 2.05) is 27.7 Å². The van der Waals surface area contributed by atoms with Crippen LogP contribution in [0.3, 0.4) is 0 Å². The number of carboxylic acids is 1. The molecule has 0 aliphatic carbocycles. The van der Waals surface area contributed by atoms with Crippen molar-refractivity contribution < 1.29 is 24.3 Å². The number of guanidine groups is 1. The Morgan fingerprint density at radius 2 is 1.50 bits per heavy atom. The number of hydrogen-bond acceptors (Lipinski definition) is 6. The third-order valence-electron chi connectivity index (χ3n) is 4.40. The van der Waals surface area contributed by atoms with Crippen molar-refractivity contribution in [2.24, 2.45) is 34.0 Å². The normalized spacial score (nSPS) is 13.7. The van der Waals surface area contributed by atoms with E-state index in [0.717, 1.165) is 0 Å². The number of nitrogens with zero attached hydrogens (tertiary/aromatic N) is 1. The molecule has 12 nitrogen and oxygen atoms in total. The molecule has 184 valence electrons. The Bertz CT molecular complexity index is 663. The number of carbonyl (C=O) groups is 4. The van der Waals surface area contributed by atoms with E-state index in [2.05, 4.69) is 20.9 Å². The summed E-state index contributed by atoms with van der Waals surface area (Å²) in [6.07, 6.45) is 1.30. The zero-order valence-corrected chi connectivity index (χ0v) is 19.4. The molecule has 3 amide bonds. The van der Waals surface area contributed by atoms with Crippen LogP contribution in [-0.4, -0.2) is 66.0 Å². The molecule has 32 heavy (non-hydrogen) atoms. The molecule has 0 aromatic rings. The maximum absolute atomic E-state index is 12.6. The van der Waals surface area contributed by atoms with Gasteiger partial charge in [-0.15, -0.1) is 0 Å². The van der Waals surface area contributed by atoms with Crippen molar-refractivity contribution >= 4 is 29.7 Å². The van der Waals surface area contributed by atoms with Gasteiger partial charge in [0.15, 0.2) is 5.96 Å². The van der Waals surface area contributed by atoms with Gasteiger partial charge >= 0.3 is 5.97 Å². The van der Waals surface area contributed by atoms with E-state index < -0.39 is 48.4 Å². The van der Waals surface area contributed by atoms with Crippen molar-refractivity contribution in [2.75, 3.05) is 13.1 Å². The van der Waals surface area contributed by atoms with Gasteiger partial charge in [-0.25, -0.2) is 4.79 Å². The Balaban J connectivity index is 4.79. The van der Waals surface area contributed by atoms with E-state index in [4.69, 9.17) is 17.2 Å². The lowest BCUT2D eigenvalue weighted by atomic mass is 10.0. The Morgan fingerprint density at radius 1 is 0.906 bits per heavy atom. The first-order chi connectivity index (χ1) is 14.8. The molecular formula is C20H39N7O5. The molecule has 3 unspecified atom stereocenters. The molecule has 12 heteroatoms. The number of rotatable bonds is 15. The van der Waals surface area contributed by atoms with E-state index in [0.29, 0.717) is 19.3 Å². The largest absolute Gasteiger partial charge is 0.480 e. The highest BCUT2D eigenvalue weighted by atomic mass is 16.4. The highest BCUT2D eigenvalue weighted by Crippen LogP contribution is 2.07. The van der Waals surface area contributed by atoms with Crippen LogP contribution in [0.5, 0.6) is 0 Å². The summed E-state index contributed by atoms with van der Waals surface area (Å²) in [5, 5.41) is 16.7. The predicted octanol–water partition coefficient (Wildman–Crippen LogP) is -1.37. The molecule has 0 heterocycles. The molecule has 10 N–H and O–H groups in total. The number of nitrogens with two attached hydrogens (primary N) is 3. The first-order valence-electron chi connectivity index (χ1n) is 10.7. The maximum Gasteiger partial charge on any atom is 0.326 e. The van der Waals surface area contributed by atoms with E-state index in [1.165, 1.54) is 0 Å². The average molecular weight is 458 g/mol. The summed E-state index contributed by atoms with van der Waals surface area (Å²) < 4.78 is 0. The minimum absolute atomic E-state index is 0.0998. The molecule has 0 spiro atoms. The molecule has 0 bridgehead atoms. The minimum Gasteiger partial charge on any atom is -0.480 e. The zero-order chi connectivity index (χ0) is 24.8. The third-order valence-corrected chi connectivity index (χ3v) is 4.40. The second-order valence-electron chi connectivity index (χ2n) is 8.55. The topological polar surface area (TPSA) is 215 Å². The average Bonchev–Trinajstić information content (AvgIpc) is 2.66. The number of aliphatic carboxylic acids is 1. The second kappa shape index (κ2) is 15.0. The lowest BCUT2D eigenvalue weighted by Crippen LogP contribution is -2.54. The van der Waals surface area contributed by atoms with E-state index in [-0.39, 0.29) is 30.8 Å². The van der Waals surface area contributed by atoms with Gasteiger partial charge in [-0.05, 0) is 37.5 Å². The number of carboxylic acid groups (broad SMARTS) is 1. The molecule has 0 aliphatic heterocycles. The van der Waals surface area contributed by atoms with Crippen LogP contribution < -0.4 is 33.2 Å². The number of amides is 3. The van der Waals surface area contributed by atoms with Crippen molar-refractivity contribution in [1.29, 1.82) is 0 Å². The van der Waals surface area contributed by atoms with Gasteiger partial charge < -0.3 is 38.3 Å². The summed E-state index contributed by atoms with van der Waals surface area (Å²) in [4.78, 5) is 52.1. The number of hydrogen-bond donors (Lipinski definition) is 7. The van der Waals surface area contributed by atoms with Crippen LogP contribution in [0.2, 0.25) is 0 Å². The summed E-state index contributed by atoms with van der Waals surface area (Å²) in [7, 11) is 0. The molecule has 0 fully saturated rings. The highest BCUT2D eigenvalue weighted by molar-refractivity contribution is 5.92. The van der Waals surface area contributed by atoms with Gasteiger partial charge in [0.2, 0.25) is 17.7 Å². The maximum atomic E-state index is 12.6. The standard InChI is InChI=1S/C20H39N7O5/c1-11(2)8-13(21)17(29)27-15(9-12(3)4)18(30)25-10-16(28)26-14(19(31)32)6-5-7-24-20(22)23/h11-15H,5-10,21H2,1-4H3,(H,25,30)(H,26,28)(H,27,29)(H,31,32)(H4,22,23,24). The first-order valence-corrected chi connectivity index (χ1v) is 10.7. The van der Waals surface area contributed by atoms with Gasteiger partial charge in [0.1, 0.15) is 12.1 Å². The second-order valence-corrected chi connectivity index (χ2v) is 8.55. The van der Waals surface area contributed by atoms with Crippen LogP contribution in [0.4, 0.5) is 0 Å². The lowest BCUT2D eigenvalue weighted by molar-refractivity contribution is -0.142. The molecule has 0 rings (SSSR count). The highest BCUT2D eigenvalue weighted by Gasteiger charge is 2.26. The van der Waals surface area contributed by atoms with Crippen molar-refractivity contribution in [3.8, 4) is 0 Å². The number of aliphatic imine (C=N–C) groups is 1. The zero-order valence-electron chi connectivity index (χ0n) is 19.4. The molecule has 3 atom stereocenters. The van der Waals surface area contributed by atoms with Gasteiger partial charge in [-0.2, -0.15) is 0 Å². The van der Waals surface area contributed by atoms with Crippen LogP contribution in [-0.2, 0) is 19.2 Å².